The monoisotopic (exact) mass is 404 g/mol. The van der Waals surface area contributed by atoms with Gasteiger partial charge in [-0.15, -0.1) is 0 Å². The summed E-state index contributed by atoms with van der Waals surface area (Å²) in [6.45, 7) is 2.06. The predicted molar refractivity (Wildman–Crippen MR) is 125 cm³/mol. The first-order valence-electron chi connectivity index (χ1n) is 10.1. The van der Waals surface area contributed by atoms with Crippen LogP contribution in [-0.4, -0.2) is 20.4 Å². The molecule has 0 N–H and O–H groups in total. The molecule has 0 atom stereocenters. The highest BCUT2D eigenvalue weighted by molar-refractivity contribution is 5.81. The molecule has 5 rings (SSSR count). The van der Waals surface area contributed by atoms with Gasteiger partial charge in [0, 0.05) is 17.4 Å². The zero-order chi connectivity index (χ0) is 21.2. The summed E-state index contributed by atoms with van der Waals surface area (Å²) in [6.07, 6.45) is 3.68. The largest absolute Gasteiger partial charge is 0.316 e. The van der Waals surface area contributed by atoms with Crippen molar-refractivity contribution in [3.05, 3.63) is 119 Å². The van der Waals surface area contributed by atoms with Crippen molar-refractivity contribution in [3.63, 3.8) is 0 Å². The first-order chi connectivity index (χ1) is 15.2. The van der Waals surface area contributed by atoms with E-state index in [1.807, 2.05) is 83.6 Å². The molecule has 0 saturated heterocycles. The summed E-state index contributed by atoms with van der Waals surface area (Å²) in [5.74, 6) is 0.509. The third kappa shape index (κ3) is 3.57. The van der Waals surface area contributed by atoms with Crippen LogP contribution in [0.15, 0.2) is 107 Å². The first-order valence-corrected chi connectivity index (χ1v) is 10.1. The number of aromatic nitrogens is 3. The molecule has 3 aromatic carbocycles. The molecule has 2 heterocycles. The highest BCUT2D eigenvalue weighted by Crippen LogP contribution is 2.19. The lowest BCUT2D eigenvalue weighted by molar-refractivity contribution is 0.828. The van der Waals surface area contributed by atoms with E-state index in [1.165, 1.54) is 10.2 Å². The van der Waals surface area contributed by atoms with Crippen molar-refractivity contribution in [3.8, 4) is 17.1 Å². The maximum atomic E-state index is 13.3. The number of rotatable bonds is 4. The van der Waals surface area contributed by atoms with Crippen LogP contribution in [0.25, 0.3) is 28.0 Å². The van der Waals surface area contributed by atoms with Gasteiger partial charge in [0.15, 0.2) is 5.82 Å². The second-order valence-electron chi connectivity index (χ2n) is 7.32. The van der Waals surface area contributed by atoms with Crippen LogP contribution in [-0.2, 0) is 0 Å². The van der Waals surface area contributed by atoms with E-state index in [9.17, 15) is 4.79 Å². The Bertz CT molecular complexity index is 1460. The Balaban J connectivity index is 1.67. The molecule has 2 aromatic heterocycles. The first kappa shape index (κ1) is 18.8. The second-order valence-corrected chi connectivity index (χ2v) is 7.32. The van der Waals surface area contributed by atoms with Crippen LogP contribution in [0.2, 0.25) is 0 Å². The van der Waals surface area contributed by atoms with Gasteiger partial charge in [0.25, 0.3) is 5.56 Å². The molecule has 0 aliphatic heterocycles. The fraction of sp³-hybridized carbons (Fsp3) is 0.0385. The predicted octanol–water partition coefficient (Wildman–Crippen LogP) is 5.04. The Morgan fingerprint density at radius 3 is 2.52 bits per heavy atom. The van der Waals surface area contributed by atoms with Gasteiger partial charge in [-0.3, -0.25) is 4.79 Å². The van der Waals surface area contributed by atoms with Crippen molar-refractivity contribution in [2.45, 2.75) is 6.92 Å². The standard InChI is InChI=1S/C26H20N4O/c1-19-9-7-12-21(17-19)29-16-8-13-22(29)18-27-30-25(20-10-3-2-4-11-20)28-24-15-6-5-14-23(24)26(30)31/h2-18H,1H3. The summed E-state index contributed by atoms with van der Waals surface area (Å²) >= 11 is 0. The zero-order valence-electron chi connectivity index (χ0n) is 17.0. The van der Waals surface area contributed by atoms with E-state index >= 15 is 0 Å². The molecule has 0 spiro atoms. The summed E-state index contributed by atoms with van der Waals surface area (Å²) in [5.41, 5.74) is 4.37. The van der Waals surface area contributed by atoms with Gasteiger partial charge in [0.1, 0.15) is 0 Å². The highest BCUT2D eigenvalue weighted by atomic mass is 16.1. The molecular weight excluding hydrogens is 384 g/mol. The second kappa shape index (κ2) is 7.88. The van der Waals surface area contributed by atoms with E-state index < -0.39 is 0 Å². The lowest BCUT2D eigenvalue weighted by Crippen LogP contribution is -2.20. The minimum atomic E-state index is -0.200. The Morgan fingerprint density at radius 2 is 1.68 bits per heavy atom. The minimum Gasteiger partial charge on any atom is -0.316 e. The maximum Gasteiger partial charge on any atom is 0.282 e. The molecule has 5 heteroatoms. The van der Waals surface area contributed by atoms with Gasteiger partial charge in [-0.05, 0) is 48.9 Å². The minimum absolute atomic E-state index is 0.200. The topological polar surface area (TPSA) is 52.2 Å². The quantitative estimate of drug-likeness (QED) is 0.394. The molecule has 5 nitrogen and oxygen atoms in total. The molecule has 0 amide bonds. The third-order valence-electron chi connectivity index (χ3n) is 5.15. The van der Waals surface area contributed by atoms with E-state index in [0.29, 0.717) is 16.7 Å². The number of hydrogen-bond donors (Lipinski definition) is 0. The number of aryl methyl sites for hydroxylation is 1. The highest BCUT2D eigenvalue weighted by Gasteiger charge is 2.12. The van der Waals surface area contributed by atoms with Gasteiger partial charge < -0.3 is 4.57 Å². The number of hydrogen-bond acceptors (Lipinski definition) is 3. The maximum absolute atomic E-state index is 13.3. The smallest absolute Gasteiger partial charge is 0.282 e. The Labute approximate surface area is 179 Å². The van der Waals surface area contributed by atoms with E-state index in [-0.39, 0.29) is 5.56 Å². The van der Waals surface area contributed by atoms with E-state index in [1.54, 1.807) is 12.3 Å². The number of para-hydroxylation sites is 1. The Kier molecular flexibility index (Phi) is 4.77. The molecular formula is C26H20N4O. The normalized spacial score (nSPS) is 11.4. The van der Waals surface area contributed by atoms with Gasteiger partial charge in [-0.1, -0.05) is 54.6 Å². The van der Waals surface area contributed by atoms with Crippen LogP contribution in [0, 0.1) is 6.92 Å². The summed E-state index contributed by atoms with van der Waals surface area (Å²) in [7, 11) is 0. The average molecular weight is 404 g/mol. The van der Waals surface area contributed by atoms with E-state index in [4.69, 9.17) is 4.98 Å². The summed E-state index contributed by atoms with van der Waals surface area (Å²) < 4.78 is 3.42. The number of benzene rings is 3. The molecule has 150 valence electrons. The molecule has 31 heavy (non-hydrogen) atoms. The van der Waals surface area contributed by atoms with Gasteiger partial charge in [0.05, 0.1) is 22.8 Å². The van der Waals surface area contributed by atoms with Crippen molar-refractivity contribution in [2.24, 2.45) is 5.10 Å². The van der Waals surface area contributed by atoms with Crippen LogP contribution in [0.1, 0.15) is 11.3 Å². The molecule has 0 bridgehead atoms. The third-order valence-corrected chi connectivity index (χ3v) is 5.15. The van der Waals surface area contributed by atoms with Crippen molar-refractivity contribution >= 4 is 17.1 Å². The molecule has 5 aromatic rings. The molecule has 0 saturated carbocycles. The van der Waals surface area contributed by atoms with Gasteiger partial charge in [0.2, 0.25) is 0 Å². The number of nitrogens with zero attached hydrogens (tertiary/aromatic N) is 4. The van der Waals surface area contributed by atoms with Crippen molar-refractivity contribution < 1.29 is 0 Å². The number of fused-ring (bicyclic) bond motifs is 1. The fourth-order valence-corrected chi connectivity index (χ4v) is 3.63. The van der Waals surface area contributed by atoms with Gasteiger partial charge in [-0.2, -0.15) is 9.78 Å². The average Bonchev–Trinajstić information content (AvgIpc) is 3.28. The van der Waals surface area contributed by atoms with Gasteiger partial charge >= 0.3 is 0 Å². The summed E-state index contributed by atoms with van der Waals surface area (Å²) in [6, 6.07) is 29.2. The van der Waals surface area contributed by atoms with E-state index in [0.717, 1.165) is 16.9 Å². The fourth-order valence-electron chi connectivity index (χ4n) is 3.63. The van der Waals surface area contributed by atoms with Crippen LogP contribution < -0.4 is 5.56 Å². The van der Waals surface area contributed by atoms with Crippen LogP contribution in [0.5, 0.6) is 0 Å². The summed E-state index contributed by atoms with van der Waals surface area (Å²) in [5, 5.41) is 5.11. The van der Waals surface area contributed by atoms with Crippen molar-refractivity contribution in [2.75, 3.05) is 0 Å². The molecule has 0 radical (unpaired) electrons. The van der Waals surface area contributed by atoms with Crippen LogP contribution >= 0.6 is 0 Å². The van der Waals surface area contributed by atoms with Crippen molar-refractivity contribution in [1.82, 2.24) is 14.2 Å². The lowest BCUT2D eigenvalue weighted by Gasteiger charge is -2.10. The van der Waals surface area contributed by atoms with Gasteiger partial charge in [-0.25, -0.2) is 4.98 Å². The zero-order valence-corrected chi connectivity index (χ0v) is 17.0. The van der Waals surface area contributed by atoms with E-state index in [2.05, 4.69) is 24.2 Å². The SMILES string of the molecule is Cc1cccc(-n2cccc2C=Nn2c(-c3ccccc3)nc3ccccc3c2=O)c1. The molecule has 0 unspecified atom stereocenters. The van der Waals surface area contributed by atoms with Crippen molar-refractivity contribution in [1.29, 1.82) is 0 Å². The molecule has 0 aliphatic carbocycles. The Morgan fingerprint density at radius 1 is 0.871 bits per heavy atom. The van der Waals surface area contributed by atoms with Crippen LogP contribution in [0.4, 0.5) is 0 Å². The van der Waals surface area contributed by atoms with Crippen LogP contribution in [0.3, 0.4) is 0 Å². The molecule has 0 aliphatic rings. The Hall–Kier alpha value is -4.25. The lowest BCUT2D eigenvalue weighted by atomic mass is 10.2. The molecule has 0 fully saturated rings. The summed E-state index contributed by atoms with van der Waals surface area (Å²) in [4.78, 5) is 18.0.